The number of anilines is 1. The molecule has 0 atom stereocenters. The van der Waals surface area contributed by atoms with Gasteiger partial charge in [0, 0.05) is 4.88 Å². The number of thiophene rings is 1. The molecule has 1 heterocycles. The van der Waals surface area contributed by atoms with E-state index in [2.05, 4.69) is 45.0 Å². The molecule has 78 valence electrons. The molecule has 0 saturated carbocycles. The molecule has 0 bridgehead atoms. The summed E-state index contributed by atoms with van der Waals surface area (Å²) >= 11 is 1.65. The topological polar surface area (TPSA) is 26.0 Å². The van der Waals surface area contributed by atoms with E-state index in [1.807, 2.05) is 0 Å². The first-order valence-electron chi connectivity index (χ1n) is 5.01. The van der Waals surface area contributed by atoms with Crippen molar-refractivity contribution in [3.8, 4) is 11.1 Å². The van der Waals surface area contributed by atoms with Crippen LogP contribution in [0, 0.1) is 20.8 Å². The minimum atomic E-state index is 0.891. The van der Waals surface area contributed by atoms with Gasteiger partial charge >= 0.3 is 0 Å². The van der Waals surface area contributed by atoms with Gasteiger partial charge in [-0.2, -0.15) is 0 Å². The van der Waals surface area contributed by atoms with Gasteiger partial charge in [-0.15, -0.1) is 11.3 Å². The van der Waals surface area contributed by atoms with Crippen LogP contribution >= 0.6 is 11.3 Å². The minimum Gasteiger partial charge on any atom is -0.391 e. The highest BCUT2D eigenvalue weighted by Gasteiger charge is 2.08. The number of aryl methyl sites for hydroxylation is 3. The average molecular weight is 217 g/mol. The molecule has 0 amide bonds. The van der Waals surface area contributed by atoms with Gasteiger partial charge in [-0.05, 0) is 43.5 Å². The second-order valence-electron chi connectivity index (χ2n) is 3.94. The number of nitrogen functional groups attached to an aromatic ring is 1. The van der Waals surface area contributed by atoms with E-state index in [0.29, 0.717) is 0 Å². The second kappa shape index (κ2) is 3.70. The molecule has 0 unspecified atom stereocenters. The van der Waals surface area contributed by atoms with E-state index in [-0.39, 0.29) is 0 Å². The van der Waals surface area contributed by atoms with E-state index in [1.165, 1.54) is 27.1 Å². The van der Waals surface area contributed by atoms with Crippen LogP contribution in [0.2, 0.25) is 0 Å². The first-order valence-corrected chi connectivity index (χ1v) is 5.83. The van der Waals surface area contributed by atoms with Crippen LogP contribution in [0.5, 0.6) is 0 Å². The Balaban J connectivity index is 2.59. The highest BCUT2D eigenvalue weighted by Crippen LogP contribution is 2.34. The molecule has 0 spiro atoms. The summed E-state index contributed by atoms with van der Waals surface area (Å²) in [6, 6.07) is 8.61. The molecular weight excluding hydrogens is 202 g/mol. The maximum atomic E-state index is 5.82. The van der Waals surface area contributed by atoms with Gasteiger partial charge in [0.05, 0.1) is 5.00 Å². The summed E-state index contributed by atoms with van der Waals surface area (Å²) in [6.45, 7) is 6.39. The molecule has 2 rings (SSSR count). The first kappa shape index (κ1) is 10.2. The smallest absolute Gasteiger partial charge is 0.0865 e. The molecule has 1 nitrogen and oxygen atoms in total. The van der Waals surface area contributed by atoms with Crippen LogP contribution in [0.4, 0.5) is 5.00 Å². The van der Waals surface area contributed by atoms with Gasteiger partial charge in [-0.25, -0.2) is 0 Å². The second-order valence-corrected chi connectivity index (χ2v) is 5.22. The van der Waals surface area contributed by atoms with Crippen LogP contribution in [0.25, 0.3) is 11.1 Å². The maximum absolute atomic E-state index is 5.82. The largest absolute Gasteiger partial charge is 0.391 e. The van der Waals surface area contributed by atoms with Gasteiger partial charge in [0.1, 0.15) is 0 Å². The zero-order valence-corrected chi connectivity index (χ0v) is 10.1. The van der Waals surface area contributed by atoms with Gasteiger partial charge in [-0.3, -0.25) is 0 Å². The molecule has 0 aliphatic rings. The lowest BCUT2D eigenvalue weighted by Crippen LogP contribution is -1.84. The van der Waals surface area contributed by atoms with Gasteiger partial charge < -0.3 is 5.73 Å². The number of nitrogens with two attached hydrogens (primary N) is 1. The first-order chi connectivity index (χ1) is 7.08. The molecule has 1 aromatic heterocycles. The molecule has 0 aliphatic heterocycles. The highest BCUT2D eigenvalue weighted by molar-refractivity contribution is 7.16. The van der Waals surface area contributed by atoms with E-state index >= 15 is 0 Å². The van der Waals surface area contributed by atoms with Gasteiger partial charge in [0.2, 0.25) is 0 Å². The normalized spacial score (nSPS) is 10.6. The van der Waals surface area contributed by atoms with E-state index in [9.17, 15) is 0 Å². The lowest BCUT2D eigenvalue weighted by Gasteiger charge is -2.05. The van der Waals surface area contributed by atoms with Crippen LogP contribution in [-0.2, 0) is 0 Å². The maximum Gasteiger partial charge on any atom is 0.0865 e. The van der Waals surface area contributed by atoms with Gasteiger partial charge in [0.25, 0.3) is 0 Å². The van der Waals surface area contributed by atoms with Crippen molar-refractivity contribution < 1.29 is 0 Å². The number of rotatable bonds is 1. The van der Waals surface area contributed by atoms with Crippen LogP contribution in [0.1, 0.15) is 16.0 Å². The van der Waals surface area contributed by atoms with Crippen LogP contribution in [-0.4, -0.2) is 0 Å². The molecule has 1 aromatic carbocycles. The zero-order chi connectivity index (χ0) is 11.0. The quantitative estimate of drug-likeness (QED) is 0.769. The van der Waals surface area contributed by atoms with Crippen molar-refractivity contribution in [2.45, 2.75) is 20.8 Å². The fourth-order valence-corrected chi connectivity index (χ4v) is 2.70. The molecule has 2 N–H and O–H groups in total. The molecule has 0 fully saturated rings. The number of hydrogen-bond donors (Lipinski definition) is 1. The van der Waals surface area contributed by atoms with Crippen LogP contribution in [0.3, 0.4) is 0 Å². The average Bonchev–Trinajstić information content (AvgIpc) is 2.45. The lowest BCUT2D eigenvalue weighted by molar-refractivity contribution is 1.38. The third kappa shape index (κ3) is 1.90. The van der Waals surface area contributed by atoms with E-state index < -0.39 is 0 Å². The molecule has 0 aliphatic carbocycles. The third-order valence-electron chi connectivity index (χ3n) is 2.61. The molecular formula is C13H15NS. The van der Waals surface area contributed by atoms with Crippen molar-refractivity contribution >= 4 is 16.3 Å². The monoisotopic (exact) mass is 217 g/mol. The van der Waals surface area contributed by atoms with E-state index in [0.717, 1.165) is 5.00 Å². The fraction of sp³-hybridized carbons (Fsp3) is 0.231. The van der Waals surface area contributed by atoms with E-state index in [1.54, 1.807) is 11.3 Å². The van der Waals surface area contributed by atoms with Gasteiger partial charge in [0.15, 0.2) is 0 Å². The van der Waals surface area contributed by atoms with Crippen molar-refractivity contribution in [2.24, 2.45) is 0 Å². The molecule has 0 saturated heterocycles. The van der Waals surface area contributed by atoms with Gasteiger partial charge in [-0.1, -0.05) is 23.8 Å². The summed E-state index contributed by atoms with van der Waals surface area (Å²) in [5.41, 5.74) is 11.0. The van der Waals surface area contributed by atoms with Crippen molar-refractivity contribution in [1.29, 1.82) is 0 Å². The Hall–Kier alpha value is -1.28. The summed E-state index contributed by atoms with van der Waals surface area (Å²) in [5, 5.41) is 0.891. The lowest BCUT2D eigenvalue weighted by atomic mass is 9.99. The zero-order valence-electron chi connectivity index (χ0n) is 9.29. The number of benzene rings is 1. The Morgan fingerprint density at radius 2 is 1.73 bits per heavy atom. The minimum absolute atomic E-state index is 0.891. The van der Waals surface area contributed by atoms with Crippen molar-refractivity contribution in [1.82, 2.24) is 0 Å². The Bertz CT molecular complexity index is 497. The van der Waals surface area contributed by atoms with Crippen molar-refractivity contribution in [3.63, 3.8) is 0 Å². The summed E-state index contributed by atoms with van der Waals surface area (Å²) < 4.78 is 0. The van der Waals surface area contributed by atoms with E-state index in [4.69, 9.17) is 5.73 Å². The Morgan fingerprint density at radius 3 is 2.27 bits per heavy atom. The summed E-state index contributed by atoms with van der Waals surface area (Å²) in [5.74, 6) is 0. The standard InChI is InChI=1S/C13H15NS/c1-8-4-5-11(9(2)6-8)12-7-13(14)15-10(12)3/h4-7H,14H2,1-3H3. The van der Waals surface area contributed by atoms with Crippen molar-refractivity contribution in [3.05, 3.63) is 40.3 Å². The fourth-order valence-electron chi connectivity index (χ4n) is 1.89. The Kier molecular flexibility index (Phi) is 2.53. The molecule has 0 radical (unpaired) electrons. The predicted molar refractivity (Wildman–Crippen MR) is 68.4 cm³/mol. The summed E-state index contributed by atoms with van der Waals surface area (Å²) in [4.78, 5) is 1.29. The molecule has 15 heavy (non-hydrogen) atoms. The SMILES string of the molecule is Cc1ccc(-c2cc(N)sc2C)c(C)c1. The van der Waals surface area contributed by atoms with Crippen molar-refractivity contribution in [2.75, 3.05) is 5.73 Å². The predicted octanol–water partition coefficient (Wildman–Crippen LogP) is 3.92. The van der Waals surface area contributed by atoms with Crippen LogP contribution < -0.4 is 5.73 Å². The molecule has 2 aromatic rings. The molecule has 2 heteroatoms. The summed E-state index contributed by atoms with van der Waals surface area (Å²) in [7, 11) is 0. The third-order valence-corrected chi connectivity index (χ3v) is 3.49. The Labute approximate surface area is 94.6 Å². The number of hydrogen-bond acceptors (Lipinski definition) is 2. The van der Waals surface area contributed by atoms with Crippen LogP contribution in [0.15, 0.2) is 24.3 Å². The summed E-state index contributed by atoms with van der Waals surface area (Å²) in [6.07, 6.45) is 0. The highest BCUT2D eigenvalue weighted by atomic mass is 32.1. The Morgan fingerprint density at radius 1 is 1.00 bits per heavy atom.